The zero-order valence-corrected chi connectivity index (χ0v) is 21.4. The van der Waals surface area contributed by atoms with Crippen molar-refractivity contribution in [1.82, 2.24) is 4.57 Å². The van der Waals surface area contributed by atoms with Gasteiger partial charge in [0.05, 0.1) is 5.52 Å². The highest BCUT2D eigenvalue weighted by molar-refractivity contribution is 6.09. The van der Waals surface area contributed by atoms with E-state index in [1.54, 1.807) is 6.92 Å². The molecule has 0 saturated heterocycles. The Labute approximate surface area is 213 Å². The molecule has 184 valence electrons. The number of fused-ring (bicyclic) bond motifs is 1. The molecule has 4 heteroatoms. The third-order valence-corrected chi connectivity index (χ3v) is 7.72. The van der Waals surface area contributed by atoms with Gasteiger partial charge in [-0.3, -0.25) is 0 Å². The SMILES string of the molecule is C/C=C(\C)c1ccc(-c2c(C3CCCCC3)n(-c3ccc(F)cc3)c3cc(C(C)=N)c(N)cc23)cc1. The van der Waals surface area contributed by atoms with E-state index in [0.717, 1.165) is 40.6 Å². The maximum absolute atomic E-state index is 13.9. The molecule has 0 radical (unpaired) electrons. The van der Waals surface area contributed by atoms with Crippen LogP contribution in [-0.2, 0) is 0 Å². The van der Waals surface area contributed by atoms with E-state index in [2.05, 4.69) is 48.8 Å². The van der Waals surface area contributed by atoms with E-state index in [-0.39, 0.29) is 5.82 Å². The van der Waals surface area contributed by atoms with E-state index in [0.29, 0.717) is 17.3 Å². The molecule has 0 spiro atoms. The van der Waals surface area contributed by atoms with Crippen LogP contribution in [0.2, 0.25) is 0 Å². The van der Waals surface area contributed by atoms with Crippen molar-refractivity contribution in [2.24, 2.45) is 0 Å². The molecule has 1 heterocycles. The summed E-state index contributed by atoms with van der Waals surface area (Å²) in [6, 6.07) is 19.7. The van der Waals surface area contributed by atoms with Crippen molar-refractivity contribution >= 4 is 27.9 Å². The first-order valence-electron chi connectivity index (χ1n) is 12.9. The summed E-state index contributed by atoms with van der Waals surface area (Å²) in [5.41, 5.74) is 16.3. The first-order chi connectivity index (χ1) is 17.4. The zero-order chi connectivity index (χ0) is 25.4. The lowest BCUT2D eigenvalue weighted by Gasteiger charge is -2.25. The van der Waals surface area contributed by atoms with E-state index in [4.69, 9.17) is 11.1 Å². The standard InChI is InChI=1S/C32H34FN3/c1-4-20(2)22-10-12-23(13-11-22)31-28-18-29(35)27(21(3)34)19-30(28)36(26-16-14-25(33)15-17-26)32(31)24-8-6-5-7-9-24/h4,10-19,24,34H,5-9,35H2,1-3H3/b20-4+,34-21?. The van der Waals surface area contributed by atoms with Crippen molar-refractivity contribution < 1.29 is 4.39 Å². The molecule has 0 bridgehead atoms. The van der Waals surface area contributed by atoms with Gasteiger partial charge in [0, 0.05) is 45.2 Å². The summed E-state index contributed by atoms with van der Waals surface area (Å²) in [6.45, 7) is 5.96. The van der Waals surface area contributed by atoms with Crippen LogP contribution in [0.15, 0.2) is 66.7 Å². The molecule has 3 N–H and O–H groups in total. The van der Waals surface area contributed by atoms with E-state index < -0.39 is 0 Å². The number of anilines is 1. The lowest BCUT2D eigenvalue weighted by molar-refractivity contribution is 0.434. The van der Waals surface area contributed by atoms with Gasteiger partial charge in [-0.1, -0.05) is 49.6 Å². The summed E-state index contributed by atoms with van der Waals surface area (Å²) < 4.78 is 16.2. The van der Waals surface area contributed by atoms with Crippen LogP contribution < -0.4 is 5.73 Å². The van der Waals surface area contributed by atoms with Crippen molar-refractivity contribution in [1.29, 1.82) is 5.41 Å². The largest absolute Gasteiger partial charge is 0.398 e. The normalized spacial score (nSPS) is 14.9. The van der Waals surface area contributed by atoms with Gasteiger partial charge in [-0.15, -0.1) is 0 Å². The molecule has 3 nitrogen and oxygen atoms in total. The van der Waals surface area contributed by atoms with Crippen LogP contribution in [0.4, 0.5) is 10.1 Å². The quantitative estimate of drug-likeness (QED) is 0.218. The number of hydrogen-bond donors (Lipinski definition) is 2. The van der Waals surface area contributed by atoms with Crippen LogP contribution >= 0.6 is 0 Å². The molecule has 0 aliphatic heterocycles. The summed E-state index contributed by atoms with van der Waals surface area (Å²) >= 11 is 0. The number of allylic oxidation sites excluding steroid dienone is 2. The molecule has 0 unspecified atom stereocenters. The van der Waals surface area contributed by atoms with Crippen molar-refractivity contribution in [2.75, 3.05) is 5.73 Å². The number of nitrogens with one attached hydrogen (secondary N) is 1. The van der Waals surface area contributed by atoms with Gasteiger partial charge >= 0.3 is 0 Å². The molecule has 3 aromatic carbocycles. The fourth-order valence-electron chi connectivity index (χ4n) is 5.70. The minimum absolute atomic E-state index is 0.246. The van der Waals surface area contributed by atoms with Crippen LogP contribution in [0, 0.1) is 11.2 Å². The van der Waals surface area contributed by atoms with Crippen LogP contribution in [0.5, 0.6) is 0 Å². The Hall–Kier alpha value is -3.66. The summed E-state index contributed by atoms with van der Waals surface area (Å²) in [5, 5.41) is 9.39. The molecule has 36 heavy (non-hydrogen) atoms. The monoisotopic (exact) mass is 479 g/mol. The Morgan fingerprint density at radius 3 is 2.25 bits per heavy atom. The lowest BCUT2D eigenvalue weighted by Crippen LogP contribution is -2.11. The Morgan fingerprint density at radius 1 is 0.972 bits per heavy atom. The van der Waals surface area contributed by atoms with Gasteiger partial charge in [-0.2, -0.15) is 0 Å². The maximum Gasteiger partial charge on any atom is 0.123 e. The molecule has 1 aliphatic rings. The fourth-order valence-corrected chi connectivity index (χ4v) is 5.70. The van der Waals surface area contributed by atoms with Crippen molar-refractivity contribution in [3.63, 3.8) is 0 Å². The second kappa shape index (κ2) is 9.77. The van der Waals surface area contributed by atoms with Crippen molar-refractivity contribution in [3.8, 4) is 16.8 Å². The minimum atomic E-state index is -0.246. The maximum atomic E-state index is 13.9. The average Bonchev–Trinajstić information content (AvgIpc) is 3.22. The van der Waals surface area contributed by atoms with Crippen LogP contribution in [0.25, 0.3) is 33.3 Å². The van der Waals surface area contributed by atoms with Gasteiger partial charge in [-0.05, 0) is 86.7 Å². The number of nitrogens with two attached hydrogens (primary N) is 1. The van der Waals surface area contributed by atoms with Crippen molar-refractivity contribution in [2.45, 2.75) is 58.8 Å². The fraction of sp³-hybridized carbons (Fsp3) is 0.281. The Morgan fingerprint density at radius 2 is 1.64 bits per heavy atom. The topological polar surface area (TPSA) is 54.8 Å². The molecule has 1 aromatic heterocycles. The lowest BCUT2D eigenvalue weighted by atomic mass is 9.83. The zero-order valence-electron chi connectivity index (χ0n) is 21.4. The highest BCUT2D eigenvalue weighted by Gasteiger charge is 2.28. The predicted molar refractivity (Wildman–Crippen MR) is 151 cm³/mol. The number of aromatic nitrogens is 1. The van der Waals surface area contributed by atoms with Crippen LogP contribution in [0.1, 0.15) is 75.6 Å². The van der Waals surface area contributed by atoms with Gasteiger partial charge in [-0.25, -0.2) is 4.39 Å². The van der Waals surface area contributed by atoms with E-state index in [1.807, 2.05) is 24.3 Å². The minimum Gasteiger partial charge on any atom is -0.398 e. The number of rotatable bonds is 5. The summed E-state index contributed by atoms with van der Waals surface area (Å²) in [7, 11) is 0. The third-order valence-electron chi connectivity index (χ3n) is 7.72. The van der Waals surface area contributed by atoms with E-state index in [1.165, 1.54) is 53.8 Å². The second-order valence-electron chi connectivity index (χ2n) is 10.0. The second-order valence-corrected chi connectivity index (χ2v) is 10.0. The third kappa shape index (κ3) is 4.26. The average molecular weight is 480 g/mol. The van der Waals surface area contributed by atoms with Crippen LogP contribution in [0.3, 0.4) is 0 Å². The number of benzene rings is 3. The summed E-state index contributed by atoms with van der Waals surface area (Å²) in [5.74, 6) is 0.152. The van der Waals surface area contributed by atoms with E-state index >= 15 is 0 Å². The van der Waals surface area contributed by atoms with E-state index in [9.17, 15) is 4.39 Å². The molecule has 1 aliphatic carbocycles. The molecule has 1 saturated carbocycles. The summed E-state index contributed by atoms with van der Waals surface area (Å²) in [6.07, 6.45) is 8.08. The highest BCUT2D eigenvalue weighted by Crippen LogP contribution is 2.46. The van der Waals surface area contributed by atoms with Gasteiger partial charge in [0.25, 0.3) is 0 Å². The van der Waals surface area contributed by atoms with Crippen LogP contribution in [-0.4, -0.2) is 10.3 Å². The number of nitrogen functional groups attached to an aromatic ring is 1. The highest BCUT2D eigenvalue weighted by atomic mass is 19.1. The number of hydrogen-bond acceptors (Lipinski definition) is 2. The Kier molecular flexibility index (Phi) is 6.53. The Bertz CT molecular complexity index is 1450. The predicted octanol–water partition coefficient (Wildman–Crippen LogP) is 8.88. The van der Waals surface area contributed by atoms with Crippen molar-refractivity contribution in [3.05, 3.63) is 89.4 Å². The molecular formula is C32H34FN3. The first-order valence-corrected chi connectivity index (χ1v) is 12.9. The number of halogens is 1. The molecule has 0 amide bonds. The smallest absolute Gasteiger partial charge is 0.123 e. The molecular weight excluding hydrogens is 445 g/mol. The molecule has 1 fully saturated rings. The molecule has 4 aromatic rings. The first kappa shape index (κ1) is 24.1. The summed E-state index contributed by atoms with van der Waals surface area (Å²) in [4.78, 5) is 0. The number of nitrogens with zero attached hydrogens (tertiary/aromatic N) is 1. The Balaban J connectivity index is 1.87. The van der Waals surface area contributed by atoms with Gasteiger partial charge < -0.3 is 15.7 Å². The molecule has 0 atom stereocenters. The van der Waals surface area contributed by atoms with Gasteiger partial charge in [0.1, 0.15) is 5.82 Å². The van der Waals surface area contributed by atoms with Gasteiger partial charge in [0.2, 0.25) is 0 Å². The molecule has 5 rings (SSSR count). The van der Waals surface area contributed by atoms with Gasteiger partial charge in [0.15, 0.2) is 0 Å².